The molecule has 0 radical (unpaired) electrons. The van der Waals surface area contributed by atoms with Crippen LogP contribution in [0.15, 0.2) is 0 Å². The second-order valence-electron chi connectivity index (χ2n) is 5.05. The number of nitrogens with one attached hydrogen (secondary N) is 1. The van der Waals surface area contributed by atoms with Crippen LogP contribution in [-0.2, 0) is 0 Å². The topological polar surface area (TPSA) is 45.2 Å². The molecule has 1 atom stereocenters. The van der Waals surface area contributed by atoms with Crippen molar-refractivity contribution in [2.24, 2.45) is 5.92 Å². The molecule has 1 aliphatic rings. The molecule has 2 heterocycles. The van der Waals surface area contributed by atoms with E-state index in [4.69, 9.17) is 0 Å². The van der Waals surface area contributed by atoms with E-state index >= 15 is 0 Å². The standard InChI is InChI=1S/C13H21N3OS/c1-9-5-4-7-16(8-6-9)13(17)11-10(2)15-18-12(11)14-3/h9,14H,4-8H2,1-3H3/t9-/m0/s1. The van der Waals surface area contributed by atoms with Gasteiger partial charge in [0.05, 0.1) is 11.3 Å². The molecule has 0 unspecified atom stereocenters. The summed E-state index contributed by atoms with van der Waals surface area (Å²) in [4.78, 5) is 14.6. The molecule has 0 aliphatic carbocycles. The van der Waals surface area contributed by atoms with E-state index in [9.17, 15) is 4.79 Å². The Morgan fingerprint density at radius 1 is 1.44 bits per heavy atom. The molecule has 1 aliphatic heterocycles. The van der Waals surface area contributed by atoms with Crippen LogP contribution in [0.3, 0.4) is 0 Å². The fourth-order valence-electron chi connectivity index (χ4n) is 2.42. The molecule has 1 fully saturated rings. The second-order valence-corrected chi connectivity index (χ2v) is 5.82. The lowest BCUT2D eigenvalue weighted by molar-refractivity contribution is 0.0761. The van der Waals surface area contributed by atoms with Gasteiger partial charge in [-0.1, -0.05) is 6.92 Å². The first kappa shape index (κ1) is 13.3. The van der Waals surface area contributed by atoms with Gasteiger partial charge in [0.1, 0.15) is 5.00 Å². The Morgan fingerprint density at radius 3 is 2.94 bits per heavy atom. The predicted molar refractivity (Wildman–Crippen MR) is 75.3 cm³/mol. The van der Waals surface area contributed by atoms with Crippen molar-refractivity contribution in [3.63, 3.8) is 0 Å². The average Bonchev–Trinajstić information content (AvgIpc) is 2.59. The Balaban J connectivity index is 2.17. The number of aromatic nitrogens is 1. The van der Waals surface area contributed by atoms with Gasteiger partial charge in [-0.3, -0.25) is 4.79 Å². The van der Waals surface area contributed by atoms with Crippen LogP contribution >= 0.6 is 11.5 Å². The Hall–Kier alpha value is -1.10. The van der Waals surface area contributed by atoms with Crippen molar-refractivity contribution in [2.75, 3.05) is 25.5 Å². The molecule has 1 aromatic rings. The molecule has 1 N–H and O–H groups in total. The SMILES string of the molecule is CNc1snc(C)c1C(=O)N1CCC[C@H](C)CC1. The molecule has 2 rings (SSSR count). The fourth-order valence-corrected chi connectivity index (χ4v) is 3.15. The minimum absolute atomic E-state index is 0.139. The molecule has 0 saturated carbocycles. The van der Waals surface area contributed by atoms with Crippen molar-refractivity contribution in [3.05, 3.63) is 11.3 Å². The molecule has 0 bridgehead atoms. The monoisotopic (exact) mass is 267 g/mol. The molecule has 1 amide bonds. The minimum atomic E-state index is 0.139. The summed E-state index contributed by atoms with van der Waals surface area (Å²) in [6.45, 7) is 5.93. The number of carbonyl (C=O) groups excluding carboxylic acids is 1. The van der Waals surface area contributed by atoms with E-state index in [1.165, 1.54) is 18.0 Å². The predicted octanol–water partition coefficient (Wildman–Crippen LogP) is 2.76. The summed E-state index contributed by atoms with van der Waals surface area (Å²) in [5.74, 6) is 0.868. The maximum absolute atomic E-state index is 12.6. The molecule has 1 aromatic heterocycles. The van der Waals surface area contributed by atoms with Crippen LogP contribution in [0.2, 0.25) is 0 Å². The highest BCUT2D eigenvalue weighted by Gasteiger charge is 2.24. The highest BCUT2D eigenvalue weighted by atomic mass is 32.1. The summed E-state index contributed by atoms with van der Waals surface area (Å²) in [5, 5.41) is 3.95. The van der Waals surface area contributed by atoms with Gasteiger partial charge in [0.15, 0.2) is 0 Å². The third-order valence-electron chi connectivity index (χ3n) is 3.61. The Labute approximate surface area is 113 Å². The van der Waals surface area contributed by atoms with Gasteiger partial charge >= 0.3 is 0 Å². The van der Waals surface area contributed by atoms with E-state index in [1.807, 2.05) is 18.9 Å². The largest absolute Gasteiger partial charge is 0.378 e. The summed E-state index contributed by atoms with van der Waals surface area (Å²) >= 11 is 1.37. The first-order valence-electron chi connectivity index (χ1n) is 6.56. The number of amides is 1. The summed E-state index contributed by atoms with van der Waals surface area (Å²) < 4.78 is 4.27. The van der Waals surface area contributed by atoms with E-state index in [1.54, 1.807) is 0 Å². The maximum atomic E-state index is 12.6. The zero-order valence-electron chi connectivity index (χ0n) is 11.3. The van der Waals surface area contributed by atoms with Crippen molar-refractivity contribution in [3.8, 4) is 0 Å². The summed E-state index contributed by atoms with van der Waals surface area (Å²) in [5.41, 5.74) is 1.60. The van der Waals surface area contributed by atoms with Crippen molar-refractivity contribution in [2.45, 2.75) is 33.1 Å². The lowest BCUT2D eigenvalue weighted by atomic mass is 10.0. The van der Waals surface area contributed by atoms with E-state index in [0.717, 1.165) is 48.1 Å². The van der Waals surface area contributed by atoms with Crippen LogP contribution in [-0.4, -0.2) is 35.3 Å². The average molecular weight is 267 g/mol. The highest BCUT2D eigenvalue weighted by Crippen LogP contribution is 2.27. The molecule has 0 spiro atoms. The molecular formula is C13H21N3OS. The normalized spacial score (nSPS) is 20.6. The number of rotatable bonds is 2. The van der Waals surface area contributed by atoms with Gasteiger partial charge < -0.3 is 10.2 Å². The Kier molecular flexibility index (Phi) is 4.22. The first-order valence-corrected chi connectivity index (χ1v) is 7.34. The van der Waals surface area contributed by atoms with Gasteiger partial charge in [-0.25, -0.2) is 0 Å². The van der Waals surface area contributed by atoms with Crippen molar-refractivity contribution >= 4 is 22.4 Å². The Morgan fingerprint density at radius 2 is 2.22 bits per heavy atom. The number of likely N-dealkylation sites (tertiary alicyclic amines) is 1. The Bertz CT molecular complexity index is 430. The van der Waals surface area contributed by atoms with Gasteiger partial charge in [0.25, 0.3) is 5.91 Å². The third kappa shape index (κ3) is 2.66. The number of hydrogen-bond donors (Lipinski definition) is 1. The summed E-state index contributed by atoms with van der Waals surface area (Å²) in [6.07, 6.45) is 3.44. The number of carbonyl (C=O) groups is 1. The van der Waals surface area contributed by atoms with Crippen LogP contribution in [0, 0.1) is 12.8 Å². The third-order valence-corrected chi connectivity index (χ3v) is 4.56. The molecule has 5 heteroatoms. The van der Waals surface area contributed by atoms with E-state index < -0.39 is 0 Å². The smallest absolute Gasteiger partial charge is 0.258 e. The summed E-state index contributed by atoms with van der Waals surface area (Å²) in [7, 11) is 1.84. The zero-order chi connectivity index (χ0) is 13.1. The fraction of sp³-hybridized carbons (Fsp3) is 0.692. The van der Waals surface area contributed by atoms with Gasteiger partial charge in [-0.05, 0) is 43.6 Å². The van der Waals surface area contributed by atoms with Crippen LogP contribution in [0.4, 0.5) is 5.00 Å². The molecular weight excluding hydrogens is 246 g/mol. The molecule has 0 aromatic carbocycles. The first-order chi connectivity index (χ1) is 8.63. The lowest BCUT2D eigenvalue weighted by Gasteiger charge is -2.20. The number of hydrogen-bond acceptors (Lipinski definition) is 4. The van der Waals surface area contributed by atoms with Gasteiger partial charge in [0.2, 0.25) is 0 Å². The number of aryl methyl sites for hydroxylation is 1. The molecule has 1 saturated heterocycles. The van der Waals surface area contributed by atoms with Crippen LogP contribution in [0.5, 0.6) is 0 Å². The van der Waals surface area contributed by atoms with Gasteiger partial charge in [-0.2, -0.15) is 4.37 Å². The molecule has 4 nitrogen and oxygen atoms in total. The van der Waals surface area contributed by atoms with Crippen molar-refractivity contribution in [1.29, 1.82) is 0 Å². The molecule has 18 heavy (non-hydrogen) atoms. The van der Waals surface area contributed by atoms with Crippen LogP contribution < -0.4 is 5.32 Å². The second kappa shape index (κ2) is 5.69. The van der Waals surface area contributed by atoms with Crippen LogP contribution in [0.1, 0.15) is 42.2 Å². The quantitative estimate of drug-likeness (QED) is 0.896. The van der Waals surface area contributed by atoms with Gasteiger partial charge in [0, 0.05) is 20.1 Å². The summed E-state index contributed by atoms with van der Waals surface area (Å²) in [6, 6.07) is 0. The lowest BCUT2D eigenvalue weighted by Crippen LogP contribution is -2.32. The van der Waals surface area contributed by atoms with E-state index in [-0.39, 0.29) is 5.91 Å². The molecule has 100 valence electrons. The maximum Gasteiger partial charge on any atom is 0.258 e. The van der Waals surface area contributed by atoms with Crippen LogP contribution in [0.25, 0.3) is 0 Å². The number of nitrogens with zero attached hydrogens (tertiary/aromatic N) is 2. The number of anilines is 1. The zero-order valence-corrected chi connectivity index (χ0v) is 12.1. The van der Waals surface area contributed by atoms with Crippen molar-refractivity contribution < 1.29 is 4.79 Å². The highest BCUT2D eigenvalue weighted by molar-refractivity contribution is 7.10. The van der Waals surface area contributed by atoms with E-state index in [0.29, 0.717) is 0 Å². The van der Waals surface area contributed by atoms with E-state index in [2.05, 4.69) is 16.6 Å². The van der Waals surface area contributed by atoms with Crippen molar-refractivity contribution in [1.82, 2.24) is 9.27 Å². The van der Waals surface area contributed by atoms with Gasteiger partial charge in [-0.15, -0.1) is 0 Å². The minimum Gasteiger partial charge on any atom is -0.378 e.